The number of nitrogens with one attached hydrogen (secondary N) is 1. The van der Waals surface area contributed by atoms with Gasteiger partial charge in [-0.2, -0.15) is 0 Å². The minimum Gasteiger partial charge on any atom is -0.350 e. The molecule has 0 spiro atoms. The van der Waals surface area contributed by atoms with E-state index < -0.39 is 22.5 Å². The Morgan fingerprint density at radius 3 is 2.33 bits per heavy atom. The smallest absolute Gasteiger partial charge is 0.264 e. The molecule has 0 aliphatic carbocycles. The fourth-order valence-electron chi connectivity index (χ4n) is 4.31. The second kappa shape index (κ2) is 12.1. The molecule has 1 heterocycles. The number of benzene rings is 3. The molecule has 1 aliphatic rings. The van der Waals surface area contributed by atoms with Crippen LogP contribution in [0, 0.1) is 0 Å². The molecule has 6 nitrogen and oxygen atoms in total. The Morgan fingerprint density at radius 1 is 0.889 bits per heavy atom. The molecule has 1 aliphatic heterocycles. The summed E-state index contributed by atoms with van der Waals surface area (Å²) in [6.07, 6.45) is 3.75. The minimum absolute atomic E-state index is 0.0549. The number of piperidine rings is 1. The molecule has 36 heavy (non-hydrogen) atoms. The number of rotatable bonds is 9. The van der Waals surface area contributed by atoms with Crippen molar-refractivity contribution in [1.29, 1.82) is 0 Å². The molecule has 0 atom stereocenters. The van der Waals surface area contributed by atoms with Gasteiger partial charge < -0.3 is 5.32 Å². The zero-order chi connectivity index (χ0) is 25.5. The van der Waals surface area contributed by atoms with E-state index in [0.29, 0.717) is 0 Å². The summed E-state index contributed by atoms with van der Waals surface area (Å²) in [5, 5.41) is 3.12. The van der Waals surface area contributed by atoms with Crippen LogP contribution in [-0.2, 0) is 27.9 Å². The van der Waals surface area contributed by atoms with Crippen LogP contribution in [0.3, 0.4) is 0 Å². The number of nitrogens with zero attached hydrogens (tertiary/aromatic N) is 2. The molecule has 0 saturated carbocycles. The molecule has 1 amide bonds. The van der Waals surface area contributed by atoms with Crippen LogP contribution in [-0.4, -0.2) is 38.9 Å². The van der Waals surface area contributed by atoms with Gasteiger partial charge in [0.15, 0.2) is 0 Å². The Balaban J connectivity index is 1.49. The van der Waals surface area contributed by atoms with Crippen molar-refractivity contribution in [3.05, 3.63) is 94.0 Å². The van der Waals surface area contributed by atoms with E-state index in [2.05, 4.69) is 22.3 Å². The van der Waals surface area contributed by atoms with Gasteiger partial charge in [0.05, 0.1) is 20.6 Å². The maximum Gasteiger partial charge on any atom is 0.264 e. The Bertz CT molecular complexity index is 1300. The van der Waals surface area contributed by atoms with Gasteiger partial charge in [0, 0.05) is 13.1 Å². The average Bonchev–Trinajstić information content (AvgIpc) is 2.89. The molecule has 0 aromatic heterocycles. The Morgan fingerprint density at radius 2 is 1.58 bits per heavy atom. The fourth-order valence-corrected chi connectivity index (χ4v) is 6.21. The van der Waals surface area contributed by atoms with Gasteiger partial charge >= 0.3 is 0 Å². The number of sulfonamides is 1. The summed E-state index contributed by atoms with van der Waals surface area (Å²) in [7, 11) is -4.07. The fraction of sp³-hybridized carbons (Fsp3) is 0.296. The zero-order valence-electron chi connectivity index (χ0n) is 19.9. The molecule has 0 unspecified atom stereocenters. The third kappa shape index (κ3) is 6.59. The number of anilines is 1. The number of likely N-dealkylation sites (tertiary alicyclic amines) is 1. The van der Waals surface area contributed by atoms with Gasteiger partial charge in [0.2, 0.25) is 5.91 Å². The predicted molar refractivity (Wildman–Crippen MR) is 145 cm³/mol. The summed E-state index contributed by atoms with van der Waals surface area (Å²) in [6.45, 7) is 2.95. The van der Waals surface area contributed by atoms with Crippen molar-refractivity contribution in [2.45, 2.75) is 37.2 Å². The molecule has 3 aromatic rings. The summed E-state index contributed by atoms with van der Waals surface area (Å²) in [4.78, 5) is 15.5. The molecule has 4 rings (SSSR count). The third-order valence-corrected chi connectivity index (χ3v) is 8.74. The van der Waals surface area contributed by atoms with Crippen molar-refractivity contribution in [2.75, 3.05) is 23.9 Å². The van der Waals surface area contributed by atoms with Crippen LogP contribution in [0.15, 0.2) is 77.7 Å². The number of halogens is 2. The van der Waals surface area contributed by atoms with E-state index in [1.807, 2.05) is 12.1 Å². The molecule has 0 bridgehead atoms. The lowest BCUT2D eigenvalue weighted by atomic mass is 10.1. The van der Waals surface area contributed by atoms with E-state index in [4.69, 9.17) is 23.2 Å². The molecule has 1 saturated heterocycles. The van der Waals surface area contributed by atoms with Gasteiger partial charge in [-0.3, -0.25) is 14.0 Å². The quantitative estimate of drug-likeness (QED) is 0.386. The number of hydrogen-bond acceptors (Lipinski definition) is 4. The number of carbonyl (C=O) groups is 1. The van der Waals surface area contributed by atoms with E-state index >= 15 is 0 Å². The molecular formula is C27H29Cl2N3O3S. The van der Waals surface area contributed by atoms with Crippen molar-refractivity contribution >= 4 is 44.8 Å². The number of carbonyl (C=O) groups excluding carboxylic acids is 1. The number of hydrogen-bond donors (Lipinski definition) is 1. The largest absolute Gasteiger partial charge is 0.350 e. The Hall–Kier alpha value is -2.58. The lowest BCUT2D eigenvalue weighted by Crippen LogP contribution is -2.40. The van der Waals surface area contributed by atoms with Gasteiger partial charge in [-0.25, -0.2) is 8.42 Å². The molecule has 1 fully saturated rings. The molecule has 190 valence electrons. The zero-order valence-corrected chi connectivity index (χ0v) is 22.2. The van der Waals surface area contributed by atoms with Gasteiger partial charge in [-0.1, -0.05) is 78.2 Å². The standard InChI is InChI=1S/C27H29Cl2N3O3S/c28-24-13-8-14-25(27(24)29)32(36(34,35)23-11-3-1-4-12-23)20-26(33)30-18-21-9-7-10-22(17-21)19-31-15-5-2-6-16-31/h1,3-4,7-14,17H,2,5-6,15-16,18-20H2,(H,30,33). The highest BCUT2D eigenvalue weighted by Gasteiger charge is 2.29. The van der Waals surface area contributed by atoms with Crippen LogP contribution in [0.2, 0.25) is 10.0 Å². The first-order valence-corrected chi connectivity index (χ1v) is 14.1. The highest BCUT2D eigenvalue weighted by molar-refractivity contribution is 7.92. The van der Waals surface area contributed by atoms with Crippen molar-refractivity contribution in [1.82, 2.24) is 10.2 Å². The molecule has 9 heteroatoms. The Kier molecular flexibility index (Phi) is 8.90. The monoisotopic (exact) mass is 545 g/mol. The van der Waals surface area contributed by atoms with Crippen LogP contribution >= 0.6 is 23.2 Å². The molecule has 0 radical (unpaired) electrons. The predicted octanol–water partition coefficient (Wildman–Crippen LogP) is 5.49. The van der Waals surface area contributed by atoms with Crippen molar-refractivity contribution in [3.8, 4) is 0 Å². The molecule has 1 N–H and O–H groups in total. The topological polar surface area (TPSA) is 69.7 Å². The van der Waals surface area contributed by atoms with E-state index in [-0.39, 0.29) is 27.2 Å². The minimum atomic E-state index is -4.07. The number of amides is 1. The van der Waals surface area contributed by atoms with Crippen LogP contribution < -0.4 is 9.62 Å². The first-order valence-electron chi connectivity index (χ1n) is 11.9. The molecular weight excluding hydrogens is 517 g/mol. The highest BCUT2D eigenvalue weighted by Crippen LogP contribution is 2.35. The third-order valence-electron chi connectivity index (χ3n) is 6.15. The van der Waals surface area contributed by atoms with E-state index in [1.165, 1.54) is 43.0 Å². The second-order valence-corrected chi connectivity index (χ2v) is 11.5. The van der Waals surface area contributed by atoms with Gasteiger partial charge in [0.25, 0.3) is 10.0 Å². The lowest BCUT2D eigenvalue weighted by Gasteiger charge is -2.26. The lowest BCUT2D eigenvalue weighted by molar-refractivity contribution is -0.119. The maximum absolute atomic E-state index is 13.5. The van der Waals surface area contributed by atoms with Gasteiger partial charge in [-0.05, 0) is 61.3 Å². The van der Waals surface area contributed by atoms with Crippen LogP contribution in [0.1, 0.15) is 30.4 Å². The Labute approximate surface area is 222 Å². The van der Waals surface area contributed by atoms with E-state index in [9.17, 15) is 13.2 Å². The van der Waals surface area contributed by atoms with Crippen molar-refractivity contribution in [2.24, 2.45) is 0 Å². The molecule has 3 aromatic carbocycles. The summed E-state index contributed by atoms with van der Waals surface area (Å²) in [6, 6.07) is 20.7. The van der Waals surface area contributed by atoms with Crippen molar-refractivity contribution < 1.29 is 13.2 Å². The summed E-state index contributed by atoms with van der Waals surface area (Å²) >= 11 is 12.5. The average molecular weight is 547 g/mol. The van der Waals surface area contributed by atoms with E-state index in [1.54, 1.807) is 30.3 Å². The van der Waals surface area contributed by atoms with Gasteiger partial charge in [0.1, 0.15) is 6.54 Å². The second-order valence-electron chi connectivity index (χ2n) is 8.83. The highest BCUT2D eigenvalue weighted by atomic mass is 35.5. The normalized spacial score (nSPS) is 14.4. The first kappa shape index (κ1) is 26.5. The maximum atomic E-state index is 13.5. The summed E-state index contributed by atoms with van der Waals surface area (Å²) in [5.74, 6) is -0.452. The summed E-state index contributed by atoms with van der Waals surface area (Å²) < 4.78 is 28.0. The first-order chi connectivity index (χ1) is 17.3. The SMILES string of the molecule is O=C(CN(c1cccc(Cl)c1Cl)S(=O)(=O)c1ccccc1)NCc1cccc(CN2CCCCC2)c1. The van der Waals surface area contributed by atoms with Crippen molar-refractivity contribution in [3.63, 3.8) is 0 Å². The van der Waals surface area contributed by atoms with Gasteiger partial charge in [-0.15, -0.1) is 0 Å². The van der Waals surface area contributed by atoms with Crippen LogP contribution in [0.25, 0.3) is 0 Å². The van der Waals surface area contributed by atoms with E-state index in [0.717, 1.165) is 29.5 Å². The summed E-state index contributed by atoms with van der Waals surface area (Å²) in [5.41, 5.74) is 2.30. The van der Waals surface area contributed by atoms with Crippen LogP contribution in [0.5, 0.6) is 0 Å². The van der Waals surface area contributed by atoms with Crippen LogP contribution in [0.4, 0.5) is 5.69 Å².